The van der Waals surface area contributed by atoms with Crippen molar-refractivity contribution < 1.29 is 22.0 Å². The van der Waals surface area contributed by atoms with E-state index in [0.717, 1.165) is 18.4 Å². The largest absolute Gasteiger partial charge is 0.334 e. The summed E-state index contributed by atoms with van der Waals surface area (Å²) in [6.45, 7) is 0.0645. The third-order valence-electron chi connectivity index (χ3n) is 6.03. The van der Waals surface area contributed by atoms with Crippen LogP contribution >= 0.6 is 0 Å². The zero-order valence-electron chi connectivity index (χ0n) is 18.8. The Morgan fingerprint density at radius 2 is 1.63 bits per heavy atom. The minimum absolute atomic E-state index is 0.0624. The lowest BCUT2D eigenvalue weighted by atomic mass is 10.2. The molecule has 1 heterocycles. The molecule has 180 valence electrons. The minimum Gasteiger partial charge on any atom is -0.334 e. The van der Waals surface area contributed by atoms with Gasteiger partial charge in [0.15, 0.2) is 5.03 Å². The van der Waals surface area contributed by atoms with Crippen molar-refractivity contribution in [2.45, 2.75) is 42.8 Å². The molecular weight excluding hydrogens is 472 g/mol. The number of hydrogen-bond donors (Lipinski definition) is 0. The first-order chi connectivity index (χ1) is 16.8. The maximum atomic E-state index is 14.1. The van der Waals surface area contributed by atoms with Crippen LogP contribution in [-0.4, -0.2) is 35.0 Å². The van der Waals surface area contributed by atoms with Crippen LogP contribution in [0.2, 0.25) is 0 Å². The Balaban J connectivity index is 1.46. The Morgan fingerprint density at radius 3 is 2.31 bits per heavy atom. The fourth-order valence-electron chi connectivity index (χ4n) is 4.14. The Kier molecular flexibility index (Phi) is 6.10. The van der Waals surface area contributed by atoms with Crippen molar-refractivity contribution in [1.82, 2.24) is 14.7 Å². The molecule has 6 nitrogen and oxygen atoms in total. The maximum Gasteiger partial charge on any atom is 0.244 e. The zero-order chi connectivity index (χ0) is 24.6. The molecule has 0 aliphatic heterocycles. The van der Waals surface area contributed by atoms with Gasteiger partial charge in [0.05, 0.1) is 11.3 Å². The van der Waals surface area contributed by atoms with Crippen molar-refractivity contribution in [2.75, 3.05) is 0 Å². The van der Waals surface area contributed by atoms with Crippen molar-refractivity contribution in [3.8, 4) is 0 Å². The van der Waals surface area contributed by atoms with Gasteiger partial charge < -0.3 is 4.90 Å². The number of fused-ring (bicyclic) bond motifs is 1. The van der Waals surface area contributed by atoms with Gasteiger partial charge in [-0.2, -0.15) is 5.10 Å². The topological polar surface area (TPSA) is 72.3 Å². The summed E-state index contributed by atoms with van der Waals surface area (Å²) in [5, 5.41) is 4.37. The predicted octanol–water partition coefficient (Wildman–Crippen LogP) is 4.48. The Labute approximate surface area is 201 Å². The highest BCUT2D eigenvalue weighted by Gasteiger charge is 2.33. The third kappa shape index (κ3) is 5.09. The molecule has 1 fully saturated rings. The molecule has 3 aromatic carbocycles. The first-order valence-electron chi connectivity index (χ1n) is 11.3. The summed E-state index contributed by atoms with van der Waals surface area (Å²) in [6, 6.07) is 18.5. The SMILES string of the molecule is O=C(Cn1nc(S(=O)(=O)Cc2ccccc2)c2ccc(F)cc21)N(Cc1ccc(F)cc1)C1CC1. The van der Waals surface area contributed by atoms with Crippen LogP contribution < -0.4 is 0 Å². The van der Waals surface area contributed by atoms with Crippen LogP contribution in [0, 0.1) is 11.6 Å². The molecule has 1 aliphatic rings. The number of nitrogens with zero attached hydrogens (tertiary/aromatic N) is 3. The van der Waals surface area contributed by atoms with Gasteiger partial charge in [-0.3, -0.25) is 9.48 Å². The van der Waals surface area contributed by atoms with E-state index in [1.807, 2.05) is 0 Å². The smallest absolute Gasteiger partial charge is 0.244 e. The molecule has 0 saturated heterocycles. The first-order valence-corrected chi connectivity index (χ1v) is 12.9. The fraction of sp³-hybridized carbons (Fsp3) is 0.231. The van der Waals surface area contributed by atoms with E-state index in [-0.39, 0.29) is 46.0 Å². The monoisotopic (exact) mass is 495 g/mol. The standard InChI is InChI=1S/C26H23F2N3O3S/c27-20-8-6-18(7-9-20)15-30(22-11-12-22)25(32)16-31-24-14-21(28)10-13-23(24)26(29-31)35(33,34)17-19-4-2-1-3-5-19/h1-10,13-14,22H,11-12,15-17H2. The number of carbonyl (C=O) groups is 1. The molecule has 5 rings (SSSR count). The maximum absolute atomic E-state index is 14.1. The number of hydrogen-bond acceptors (Lipinski definition) is 4. The molecule has 0 spiro atoms. The number of benzene rings is 3. The first kappa shape index (κ1) is 23.2. The summed E-state index contributed by atoms with van der Waals surface area (Å²) in [6.07, 6.45) is 1.72. The summed E-state index contributed by atoms with van der Waals surface area (Å²) in [5.74, 6) is -1.43. The molecule has 0 radical (unpaired) electrons. The second kappa shape index (κ2) is 9.22. The van der Waals surface area contributed by atoms with Gasteiger partial charge in [-0.1, -0.05) is 42.5 Å². The highest BCUT2D eigenvalue weighted by atomic mass is 32.2. The number of halogens is 2. The molecule has 1 aromatic heterocycles. The van der Waals surface area contributed by atoms with Gasteiger partial charge in [-0.05, 0) is 54.3 Å². The van der Waals surface area contributed by atoms with Crippen LogP contribution in [0.25, 0.3) is 10.9 Å². The molecular formula is C26H23F2N3O3S. The van der Waals surface area contributed by atoms with Crippen LogP contribution in [0.15, 0.2) is 77.8 Å². The van der Waals surface area contributed by atoms with Crippen LogP contribution in [-0.2, 0) is 33.5 Å². The second-order valence-corrected chi connectivity index (χ2v) is 10.7. The molecule has 0 unspecified atom stereocenters. The summed E-state index contributed by atoms with van der Waals surface area (Å²) in [7, 11) is -3.86. The summed E-state index contributed by atoms with van der Waals surface area (Å²) >= 11 is 0. The van der Waals surface area contributed by atoms with E-state index in [1.54, 1.807) is 47.4 Å². The molecule has 0 atom stereocenters. The van der Waals surface area contributed by atoms with Crippen molar-refractivity contribution >= 4 is 26.6 Å². The third-order valence-corrected chi connectivity index (χ3v) is 7.64. The molecule has 1 saturated carbocycles. The van der Waals surface area contributed by atoms with Crippen molar-refractivity contribution in [1.29, 1.82) is 0 Å². The van der Waals surface area contributed by atoms with Gasteiger partial charge in [-0.25, -0.2) is 17.2 Å². The van der Waals surface area contributed by atoms with Crippen LogP contribution in [0.5, 0.6) is 0 Å². The van der Waals surface area contributed by atoms with E-state index < -0.39 is 15.7 Å². The van der Waals surface area contributed by atoms with Gasteiger partial charge >= 0.3 is 0 Å². The van der Waals surface area contributed by atoms with Gasteiger partial charge in [0.1, 0.15) is 18.2 Å². The normalized spacial score (nSPS) is 13.8. The van der Waals surface area contributed by atoms with Crippen molar-refractivity contribution in [3.05, 3.63) is 95.6 Å². The van der Waals surface area contributed by atoms with Gasteiger partial charge in [0.25, 0.3) is 0 Å². The number of aromatic nitrogens is 2. The Morgan fingerprint density at radius 1 is 0.943 bits per heavy atom. The summed E-state index contributed by atoms with van der Waals surface area (Å²) < 4.78 is 55.1. The lowest BCUT2D eigenvalue weighted by molar-refractivity contribution is -0.133. The lowest BCUT2D eigenvalue weighted by Gasteiger charge is -2.23. The predicted molar refractivity (Wildman–Crippen MR) is 127 cm³/mol. The van der Waals surface area contributed by atoms with E-state index >= 15 is 0 Å². The average Bonchev–Trinajstić information content (AvgIpc) is 3.61. The highest BCUT2D eigenvalue weighted by Crippen LogP contribution is 2.30. The molecule has 0 N–H and O–H groups in total. The zero-order valence-corrected chi connectivity index (χ0v) is 19.6. The number of carbonyl (C=O) groups excluding carboxylic acids is 1. The molecule has 35 heavy (non-hydrogen) atoms. The number of amides is 1. The molecule has 0 bridgehead atoms. The molecule has 1 amide bonds. The van der Waals surface area contributed by atoms with Gasteiger partial charge in [0.2, 0.25) is 15.7 Å². The second-order valence-electron chi connectivity index (χ2n) is 8.75. The lowest BCUT2D eigenvalue weighted by Crippen LogP contribution is -2.35. The Bertz CT molecular complexity index is 1480. The van der Waals surface area contributed by atoms with Crippen LogP contribution in [0.4, 0.5) is 8.78 Å². The summed E-state index contributed by atoms with van der Waals surface area (Å²) in [5.41, 5.74) is 1.63. The van der Waals surface area contributed by atoms with Crippen LogP contribution in [0.1, 0.15) is 24.0 Å². The van der Waals surface area contributed by atoms with Crippen molar-refractivity contribution in [3.63, 3.8) is 0 Å². The van der Waals surface area contributed by atoms with E-state index in [2.05, 4.69) is 5.10 Å². The Hall–Kier alpha value is -3.59. The van der Waals surface area contributed by atoms with E-state index in [0.29, 0.717) is 12.1 Å². The summed E-state index contributed by atoms with van der Waals surface area (Å²) in [4.78, 5) is 15.0. The number of sulfone groups is 1. The highest BCUT2D eigenvalue weighted by molar-refractivity contribution is 7.90. The molecule has 9 heteroatoms. The van der Waals surface area contributed by atoms with E-state index in [1.165, 1.54) is 35.0 Å². The molecule has 1 aliphatic carbocycles. The fourth-order valence-corrected chi connectivity index (χ4v) is 5.64. The van der Waals surface area contributed by atoms with Crippen molar-refractivity contribution in [2.24, 2.45) is 0 Å². The quantitative estimate of drug-likeness (QED) is 0.361. The minimum atomic E-state index is -3.86. The van der Waals surface area contributed by atoms with Gasteiger partial charge in [-0.15, -0.1) is 0 Å². The molecule has 4 aromatic rings. The number of rotatable bonds is 8. The van der Waals surface area contributed by atoms with Gasteiger partial charge in [0, 0.05) is 18.0 Å². The average molecular weight is 496 g/mol. The van der Waals surface area contributed by atoms with Crippen LogP contribution in [0.3, 0.4) is 0 Å². The van der Waals surface area contributed by atoms with E-state index in [4.69, 9.17) is 0 Å². The van der Waals surface area contributed by atoms with E-state index in [9.17, 15) is 22.0 Å².